The lowest BCUT2D eigenvalue weighted by atomic mass is 9.87. The van der Waals surface area contributed by atoms with E-state index in [1.54, 1.807) is 0 Å². The Morgan fingerprint density at radius 2 is 1.92 bits per heavy atom. The average molecular weight is 482 g/mol. The second-order valence-corrected chi connectivity index (χ2v) is 9.99. The number of pyridine rings is 2. The zero-order valence-corrected chi connectivity index (χ0v) is 21.0. The van der Waals surface area contributed by atoms with Crippen molar-refractivity contribution in [3.63, 3.8) is 0 Å². The number of hydrogen-bond donors (Lipinski definition) is 2. The highest BCUT2D eigenvalue weighted by Crippen LogP contribution is 2.35. The summed E-state index contributed by atoms with van der Waals surface area (Å²) < 4.78 is 5.84. The van der Waals surface area contributed by atoms with Crippen molar-refractivity contribution in [1.82, 2.24) is 25.2 Å². The van der Waals surface area contributed by atoms with Gasteiger partial charge in [0.05, 0.1) is 19.3 Å². The van der Waals surface area contributed by atoms with Gasteiger partial charge in [-0.05, 0) is 79.3 Å². The Balaban J connectivity index is 1.40. The molecule has 2 aliphatic heterocycles. The molecule has 6 rings (SSSR count). The highest BCUT2D eigenvalue weighted by Gasteiger charge is 2.28. The number of aromatic amines is 1. The van der Waals surface area contributed by atoms with Gasteiger partial charge in [-0.3, -0.25) is 9.78 Å². The number of aryl methyl sites for hydroxylation is 3. The molecular weight excluding hydrogens is 450 g/mol. The van der Waals surface area contributed by atoms with E-state index < -0.39 is 0 Å². The molecule has 4 aromatic rings. The molecule has 184 valence electrons. The zero-order chi connectivity index (χ0) is 24.8. The topological polar surface area (TPSA) is 83.1 Å². The minimum Gasteiger partial charge on any atom is -0.378 e. The van der Waals surface area contributed by atoms with Crippen LogP contribution in [0.15, 0.2) is 42.7 Å². The van der Waals surface area contributed by atoms with Crippen LogP contribution in [0.25, 0.3) is 22.2 Å². The fraction of sp³-hybridized carbons (Fsp3) is 0.345. The molecule has 36 heavy (non-hydrogen) atoms. The van der Waals surface area contributed by atoms with Crippen molar-refractivity contribution in [3.05, 3.63) is 81.9 Å². The van der Waals surface area contributed by atoms with Crippen LogP contribution in [0.5, 0.6) is 0 Å². The first kappa shape index (κ1) is 22.9. The number of nitrogens with one attached hydrogen (secondary N) is 2. The number of carbonyl (C=O) groups is 1. The number of fused-ring (bicyclic) bond motifs is 2. The zero-order valence-electron chi connectivity index (χ0n) is 21.0. The van der Waals surface area contributed by atoms with Gasteiger partial charge >= 0.3 is 0 Å². The number of morpholine rings is 1. The Kier molecular flexibility index (Phi) is 5.82. The van der Waals surface area contributed by atoms with Gasteiger partial charge in [-0.25, -0.2) is 4.98 Å². The largest absolute Gasteiger partial charge is 0.378 e. The third kappa shape index (κ3) is 4.18. The summed E-state index contributed by atoms with van der Waals surface area (Å²) in [6, 6.07) is 10.6. The molecule has 7 nitrogen and oxygen atoms in total. The summed E-state index contributed by atoms with van der Waals surface area (Å²) in [6.07, 6.45) is 4.76. The number of rotatable bonds is 3. The lowest BCUT2D eigenvalue weighted by Crippen LogP contribution is -2.39. The molecule has 5 heterocycles. The fourth-order valence-electron chi connectivity index (χ4n) is 5.55. The van der Waals surface area contributed by atoms with Crippen molar-refractivity contribution in [3.8, 4) is 11.1 Å². The van der Waals surface area contributed by atoms with E-state index in [2.05, 4.69) is 45.4 Å². The van der Waals surface area contributed by atoms with Crippen molar-refractivity contribution in [2.24, 2.45) is 0 Å². The normalized spacial score (nSPS) is 17.9. The standard InChI is InChI=1S/C29H31N5O2/c1-17-13-31-28-24(17)12-23(14-32-28)21-10-20-4-6-34(29(35)22-8-18(2)33-19(3)9-22)15-26(20)25(11-21)27-16-36-7-5-30-27/h8-14,27,30H,4-7,15-16H2,1-3H3,(H,31,32). The van der Waals surface area contributed by atoms with Crippen molar-refractivity contribution in [2.75, 3.05) is 26.3 Å². The maximum atomic E-state index is 13.5. The smallest absolute Gasteiger partial charge is 0.254 e. The molecule has 0 saturated carbocycles. The Morgan fingerprint density at radius 3 is 2.69 bits per heavy atom. The van der Waals surface area contributed by atoms with Gasteiger partial charge < -0.3 is 19.9 Å². The van der Waals surface area contributed by atoms with Crippen LogP contribution in [0.1, 0.15) is 50.0 Å². The number of amides is 1. The number of aromatic nitrogens is 3. The van der Waals surface area contributed by atoms with Gasteiger partial charge in [0, 0.05) is 59.9 Å². The molecular formula is C29H31N5O2. The van der Waals surface area contributed by atoms with Gasteiger partial charge in [0.2, 0.25) is 0 Å². The van der Waals surface area contributed by atoms with Gasteiger partial charge in [-0.15, -0.1) is 0 Å². The van der Waals surface area contributed by atoms with Crippen LogP contribution >= 0.6 is 0 Å². The second kappa shape index (κ2) is 9.15. The summed E-state index contributed by atoms with van der Waals surface area (Å²) >= 11 is 0. The Morgan fingerprint density at radius 1 is 1.08 bits per heavy atom. The van der Waals surface area contributed by atoms with Crippen molar-refractivity contribution in [1.29, 1.82) is 0 Å². The molecule has 0 bridgehead atoms. The van der Waals surface area contributed by atoms with Gasteiger partial charge in [0.15, 0.2) is 0 Å². The van der Waals surface area contributed by atoms with Crippen LogP contribution in [-0.4, -0.2) is 52.1 Å². The molecule has 1 amide bonds. The summed E-state index contributed by atoms with van der Waals surface area (Å²) in [4.78, 5) is 27.8. The molecule has 1 fully saturated rings. The van der Waals surface area contributed by atoms with Crippen molar-refractivity contribution in [2.45, 2.75) is 39.8 Å². The first-order valence-corrected chi connectivity index (χ1v) is 12.6. The van der Waals surface area contributed by atoms with E-state index >= 15 is 0 Å². The minimum atomic E-state index is 0.0646. The predicted molar refractivity (Wildman–Crippen MR) is 140 cm³/mol. The number of carbonyl (C=O) groups excluding carboxylic acids is 1. The molecule has 2 aliphatic rings. The van der Waals surface area contributed by atoms with Gasteiger partial charge in [0.1, 0.15) is 5.65 Å². The highest BCUT2D eigenvalue weighted by molar-refractivity contribution is 5.94. The quantitative estimate of drug-likeness (QED) is 0.453. The molecule has 1 unspecified atom stereocenters. The molecule has 1 atom stereocenters. The molecule has 1 saturated heterocycles. The minimum absolute atomic E-state index is 0.0646. The molecule has 7 heteroatoms. The Hall–Kier alpha value is -3.55. The van der Waals surface area contributed by atoms with E-state index in [1.165, 1.54) is 22.3 Å². The summed E-state index contributed by atoms with van der Waals surface area (Å²) in [5.74, 6) is 0.0646. The number of benzene rings is 1. The summed E-state index contributed by atoms with van der Waals surface area (Å²) in [5, 5.41) is 4.78. The van der Waals surface area contributed by atoms with E-state index in [0.29, 0.717) is 25.3 Å². The molecule has 3 aromatic heterocycles. The van der Waals surface area contributed by atoms with Crippen molar-refractivity contribution >= 4 is 16.9 Å². The summed E-state index contributed by atoms with van der Waals surface area (Å²) in [7, 11) is 0. The van der Waals surface area contributed by atoms with Crippen molar-refractivity contribution < 1.29 is 9.53 Å². The number of nitrogens with zero attached hydrogens (tertiary/aromatic N) is 3. The maximum Gasteiger partial charge on any atom is 0.254 e. The number of H-pyrrole nitrogens is 1. The lowest BCUT2D eigenvalue weighted by molar-refractivity contribution is 0.0715. The predicted octanol–water partition coefficient (Wildman–Crippen LogP) is 4.41. The van der Waals surface area contributed by atoms with E-state index in [-0.39, 0.29) is 11.9 Å². The number of ether oxygens (including phenoxy) is 1. The monoisotopic (exact) mass is 481 g/mol. The maximum absolute atomic E-state index is 13.5. The fourth-order valence-corrected chi connectivity index (χ4v) is 5.55. The van der Waals surface area contributed by atoms with Crippen LogP contribution in [0.2, 0.25) is 0 Å². The molecule has 0 aliphatic carbocycles. The highest BCUT2D eigenvalue weighted by atomic mass is 16.5. The molecule has 2 N–H and O–H groups in total. The third-order valence-electron chi connectivity index (χ3n) is 7.36. The van der Waals surface area contributed by atoms with Crippen LogP contribution in [0.3, 0.4) is 0 Å². The van der Waals surface area contributed by atoms with Gasteiger partial charge in [-0.2, -0.15) is 0 Å². The first-order chi connectivity index (χ1) is 17.5. The van der Waals surface area contributed by atoms with Crippen LogP contribution in [-0.2, 0) is 17.7 Å². The molecule has 1 aromatic carbocycles. The lowest BCUT2D eigenvalue weighted by Gasteiger charge is -2.34. The van der Waals surface area contributed by atoms with E-state index in [1.807, 2.05) is 43.3 Å². The number of hydrogen-bond acceptors (Lipinski definition) is 5. The SMILES string of the molecule is Cc1cc(C(=O)N2CCc3cc(-c4cnc5[nH]cc(C)c5c4)cc(C4COCCN4)c3C2)cc(C)n1. The average Bonchev–Trinajstić information content (AvgIpc) is 3.27. The summed E-state index contributed by atoms with van der Waals surface area (Å²) in [5.41, 5.74) is 10.6. The van der Waals surface area contributed by atoms with Gasteiger partial charge in [-0.1, -0.05) is 6.07 Å². The molecule has 0 spiro atoms. The van der Waals surface area contributed by atoms with E-state index in [4.69, 9.17) is 4.74 Å². The van der Waals surface area contributed by atoms with Crippen LogP contribution in [0, 0.1) is 20.8 Å². The van der Waals surface area contributed by atoms with Crippen LogP contribution < -0.4 is 5.32 Å². The van der Waals surface area contributed by atoms with Crippen LogP contribution in [0.4, 0.5) is 0 Å². The summed E-state index contributed by atoms with van der Waals surface area (Å²) in [6.45, 7) is 9.42. The molecule has 0 radical (unpaired) electrons. The third-order valence-corrected chi connectivity index (χ3v) is 7.36. The Labute approximate surface area is 210 Å². The van der Waals surface area contributed by atoms with E-state index in [0.717, 1.165) is 53.1 Å². The van der Waals surface area contributed by atoms with E-state index in [9.17, 15) is 4.79 Å². The second-order valence-electron chi connectivity index (χ2n) is 9.99. The first-order valence-electron chi connectivity index (χ1n) is 12.6. The van der Waals surface area contributed by atoms with Gasteiger partial charge in [0.25, 0.3) is 5.91 Å². The Bertz CT molecular complexity index is 1450.